The number of sulfonamides is 1. The van der Waals surface area contributed by atoms with Gasteiger partial charge in [-0.2, -0.15) is 4.31 Å². The molecular formula is C14H18FN3O4S. The number of benzene rings is 1. The lowest BCUT2D eigenvalue weighted by Crippen LogP contribution is -2.41. The molecule has 0 aromatic heterocycles. The second-order valence-corrected chi connectivity index (χ2v) is 7.43. The number of hydrogen-bond donors (Lipinski definition) is 1. The Labute approximate surface area is 133 Å². The zero-order valence-corrected chi connectivity index (χ0v) is 13.4. The van der Waals surface area contributed by atoms with Gasteiger partial charge in [0.25, 0.3) is 5.91 Å². The molecule has 7 nitrogen and oxygen atoms in total. The van der Waals surface area contributed by atoms with Crippen molar-refractivity contribution < 1.29 is 22.4 Å². The van der Waals surface area contributed by atoms with E-state index in [1.165, 1.54) is 29.2 Å². The molecule has 0 bridgehead atoms. The summed E-state index contributed by atoms with van der Waals surface area (Å²) in [7, 11) is -3.52. The topological polar surface area (TPSA) is 101 Å². The van der Waals surface area contributed by atoms with Gasteiger partial charge in [-0.25, -0.2) is 12.8 Å². The number of amides is 2. The molecule has 9 heteroatoms. The van der Waals surface area contributed by atoms with Crippen molar-refractivity contribution in [2.75, 3.05) is 32.4 Å². The van der Waals surface area contributed by atoms with Crippen LogP contribution in [0.2, 0.25) is 0 Å². The predicted octanol–water partition coefficient (Wildman–Crippen LogP) is -0.355. The Hall–Kier alpha value is -2.00. The van der Waals surface area contributed by atoms with Crippen molar-refractivity contribution in [3.8, 4) is 0 Å². The Morgan fingerprint density at radius 1 is 1.22 bits per heavy atom. The van der Waals surface area contributed by atoms with E-state index in [9.17, 15) is 22.4 Å². The summed E-state index contributed by atoms with van der Waals surface area (Å²) < 4.78 is 38.3. The van der Waals surface area contributed by atoms with Crippen LogP contribution in [0.15, 0.2) is 24.3 Å². The van der Waals surface area contributed by atoms with Crippen molar-refractivity contribution in [3.05, 3.63) is 35.6 Å². The van der Waals surface area contributed by atoms with E-state index in [-0.39, 0.29) is 31.7 Å². The first-order valence-electron chi connectivity index (χ1n) is 6.98. The van der Waals surface area contributed by atoms with Gasteiger partial charge in [-0.15, -0.1) is 0 Å². The Morgan fingerprint density at radius 2 is 1.87 bits per heavy atom. The molecule has 2 N–H and O–H groups in total. The molecule has 1 aliphatic heterocycles. The standard InChI is InChI=1S/C14H18FN3O4S/c1-23(21,22)18-7-6-17(8-10(9-18)13(16)19)14(20)11-4-2-3-5-12(11)15/h2-5,10H,6-9H2,1H3,(H2,16,19)/t10-/m1/s1. The molecule has 1 heterocycles. The third-order valence-electron chi connectivity index (χ3n) is 3.75. The number of carbonyl (C=O) groups excluding carboxylic acids is 2. The van der Waals surface area contributed by atoms with Gasteiger partial charge in [0.05, 0.1) is 17.7 Å². The van der Waals surface area contributed by atoms with E-state index >= 15 is 0 Å². The normalized spacial score (nSPS) is 20.1. The fraction of sp³-hybridized carbons (Fsp3) is 0.429. The molecule has 1 fully saturated rings. The quantitative estimate of drug-likeness (QED) is 0.810. The van der Waals surface area contributed by atoms with Crippen molar-refractivity contribution in [2.45, 2.75) is 0 Å². The molecule has 2 rings (SSSR count). The maximum Gasteiger partial charge on any atom is 0.256 e. The van der Waals surface area contributed by atoms with E-state index in [0.29, 0.717) is 0 Å². The van der Waals surface area contributed by atoms with Gasteiger partial charge in [0.15, 0.2) is 0 Å². The van der Waals surface area contributed by atoms with E-state index in [4.69, 9.17) is 5.73 Å². The van der Waals surface area contributed by atoms with Crippen LogP contribution in [0.4, 0.5) is 4.39 Å². The second kappa shape index (κ2) is 6.63. The highest BCUT2D eigenvalue weighted by Gasteiger charge is 2.33. The Balaban J connectivity index is 2.28. The van der Waals surface area contributed by atoms with Crippen molar-refractivity contribution in [2.24, 2.45) is 11.7 Å². The van der Waals surface area contributed by atoms with E-state index in [1.807, 2.05) is 0 Å². The highest BCUT2D eigenvalue weighted by Crippen LogP contribution is 2.16. The zero-order chi connectivity index (χ0) is 17.2. The van der Waals surface area contributed by atoms with Crippen molar-refractivity contribution in [1.29, 1.82) is 0 Å². The lowest BCUT2D eigenvalue weighted by molar-refractivity contribution is -0.122. The van der Waals surface area contributed by atoms with Crippen LogP contribution in [0.25, 0.3) is 0 Å². The number of nitrogens with zero attached hydrogens (tertiary/aromatic N) is 2. The van der Waals surface area contributed by atoms with Gasteiger partial charge in [-0.3, -0.25) is 9.59 Å². The van der Waals surface area contributed by atoms with Gasteiger partial charge >= 0.3 is 0 Å². The molecule has 1 aliphatic rings. The second-order valence-electron chi connectivity index (χ2n) is 5.45. The fourth-order valence-corrected chi connectivity index (χ4v) is 3.32. The summed E-state index contributed by atoms with van der Waals surface area (Å²) in [4.78, 5) is 25.3. The highest BCUT2D eigenvalue weighted by molar-refractivity contribution is 7.88. The Morgan fingerprint density at radius 3 is 2.43 bits per heavy atom. The molecule has 0 aliphatic carbocycles. The summed E-state index contributed by atoms with van der Waals surface area (Å²) in [5.74, 6) is -2.81. The van der Waals surface area contributed by atoms with E-state index in [1.54, 1.807) is 0 Å². The minimum absolute atomic E-state index is 0.0306. The molecule has 1 atom stereocenters. The number of nitrogens with two attached hydrogens (primary N) is 1. The molecule has 2 amide bonds. The van der Waals surface area contributed by atoms with E-state index in [2.05, 4.69) is 0 Å². The van der Waals surface area contributed by atoms with Crippen molar-refractivity contribution in [3.63, 3.8) is 0 Å². The summed E-state index contributed by atoms with van der Waals surface area (Å²) in [6.07, 6.45) is 1.03. The molecular weight excluding hydrogens is 325 g/mol. The van der Waals surface area contributed by atoms with Gasteiger partial charge in [-0.1, -0.05) is 12.1 Å². The van der Waals surface area contributed by atoms with Crippen LogP contribution in [-0.4, -0.2) is 61.9 Å². The first-order valence-corrected chi connectivity index (χ1v) is 8.83. The fourth-order valence-electron chi connectivity index (χ4n) is 2.46. The highest BCUT2D eigenvalue weighted by atomic mass is 32.2. The summed E-state index contributed by atoms with van der Waals surface area (Å²) in [5.41, 5.74) is 5.18. The molecule has 0 spiro atoms. The van der Waals surface area contributed by atoms with Gasteiger partial charge in [0.1, 0.15) is 5.82 Å². The number of halogens is 1. The summed E-state index contributed by atoms with van der Waals surface area (Å²) >= 11 is 0. The van der Waals surface area contributed by atoms with Crippen LogP contribution in [0.1, 0.15) is 10.4 Å². The number of carbonyl (C=O) groups is 2. The average molecular weight is 343 g/mol. The SMILES string of the molecule is CS(=O)(=O)N1CCN(C(=O)c2ccccc2F)C[C@@H](C(N)=O)C1. The van der Waals surface area contributed by atoms with Crippen LogP contribution in [0, 0.1) is 11.7 Å². The van der Waals surface area contributed by atoms with Crippen LogP contribution in [0.5, 0.6) is 0 Å². The van der Waals surface area contributed by atoms with Gasteiger partial charge in [-0.05, 0) is 12.1 Å². The average Bonchev–Trinajstić information content (AvgIpc) is 2.70. The summed E-state index contributed by atoms with van der Waals surface area (Å²) in [6, 6.07) is 5.50. The Kier molecular flexibility index (Phi) is 5.00. The Bertz CT molecular complexity index is 722. The molecule has 0 radical (unpaired) electrons. The molecule has 23 heavy (non-hydrogen) atoms. The first kappa shape index (κ1) is 17.4. The van der Waals surface area contributed by atoms with Gasteiger partial charge in [0.2, 0.25) is 15.9 Å². The monoisotopic (exact) mass is 343 g/mol. The maximum atomic E-state index is 13.8. The predicted molar refractivity (Wildman–Crippen MR) is 81.4 cm³/mol. The lowest BCUT2D eigenvalue weighted by Gasteiger charge is -2.22. The maximum absolute atomic E-state index is 13.8. The summed E-state index contributed by atoms with van der Waals surface area (Å²) in [6.45, 7) is -0.0451. The van der Waals surface area contributed by atoms with E-state index < -0.39 is 33.6 Å². The van der Waals surface area contributed by atoms with Gasteiger partial charge < -0.3 is 10.6 Å². The largest absolute Gasteiger partial charge is 0.369 e. The zero-order valence-electron chi connectivity index (χ0n) is 12.6. The molecule has 1 aromatic rings. The molecule has 1 aromatic carbocycles. The summed E-state index contributed by atoms with van der Waals surface area (Å²) in [5, 5.41) is 0. The third kappa shape index (κ3) is 4.05. The van der Waals surface area contributed by atoms with Crippen LogP contribution < -0.4 is 5.73 Å². The van der Waals surface area contributed by atoms with Crippen molar-refractivity contribution >= 4 is 21.8 Å². The first-order chi connectivity index (χ1) is 10.7. The molecule has 0 unspecified atom stereocenters. The molecule has 1 saturated heterocycles. The smallest absolute Gasteiger partial charge is 0.256 e. The number of hydrogen-bond acceptors (Lipinski definition) is 4. The molecule has 126 valence electrons. The minimum atomic E-state index is -3.52. The van der Waals surface area contributed by atoms with E-state index in [0.717, 1.165) is 10.6 Å². The van der Waals surface area contributed by atoms with Crippen LogP contribution in [-0.2, 0) is 14.8 Å². The number of primary amides is 1. The van der Waals surface area contributed by atoms with Crippen LogP contribution >= 0.6 is 0 Å². The molecule has 0 saturated carbocycles. The lowest BCUT2D eigenvalue weighted by atomic mass is 10.1. The van der Waals surface area contributed by atoms with Gasteiger partial charge in [0, 0.05) is 26.2 Å². The van der Waals surface area contributed by atoms with Crippen molar-refractivity contribution in [1.82, 2.24) is 9.21 Å². The number of rotatable bonds is 3. The third-order valence-corrected chi connectivity index (χ3v) is 5.02. The van der Waals surface area contributed by atoms with Crippen LogP contribution in [0.3, 0.4) is 0 Å². The minimum Gasteiger partial charge on any atom is -0.369 e.